The molecule has 4 heteroatoms. The van der Waals surface area contributed by atoms with Crippen molar-refractivity contribution in [1.29, 1.82) is 0 Å². The molecule has 0 amide bonds. The number of aromatic nitrogens is 1. The van der Waals surface area contributed by atoms with E-state index in [1.165, 1.54) is 10.3 Å². The van der Waals surface area contributed by atoms with Gasteiger partial charge in [-0.05, 0) is 37.5 Å². The lowest BCUT2D eigenvalue weighted by Gasteiger charge is -2.06. The number of nitrogens with zero attached hydrogens (tertiary/aromatic N) is 1. The molecule has 1 heterocycles. The lowest BCUT2D eigenvalue weighted by molar-refractivity contribution is 0.412. The number of hydrogen-bond donors (Lipinski definition) is 1. The highest BCUT2D eigenvalue weighted by atomic mass is 32.1. The maximum atomic E-state index is 5.44. The van der Waals surface area contributed by atoms with Crippen LogP contribution in [0.5, 0.6) is 5.75 Å². The summed E-state index contributed by atoms with van der Waals surface area (Å²) in [6.07, 6.45) is 0.998. The number of thiazole rings is 1. The van der Waals surface area contributed by atoms with Gasteiger partial charge in [-0.25, -0.2) is 4.98 Å². The van der Waals surface area contributed by atoms with Crippen molar-refractivity contribution in [3.63, 3.8) is 0 Å². The van der Waals surface area contributed by atoms with Gasteiger partial charge in [0.05, 0.1) is 17.3 Å². The van der Waals surface area contributed by atoms with E-state index in [0.717, 1.165) is 40.5 Å². The zero-order chi connectivity index (χ0) is 15.5. The van der Waals surface area contributed by atoms with E-state index >= 15 is 0 Å². The molecule has 0 aliphatic carbocycles. The van der Waals surface area contributed by atoms with Crippen molar-refractivity contribution < 1.29 is 4.74 Å². The Labute approximate surface area is 135 Å². The number of methoxy groups -OCH3 is 1. The van der Waals surface area contributed by atoms with Gasteiger partial charge in [0.25, 0.3) is 0 Å². The first-order chi connectivity index (χ1) is 10.7. The number of ether oxygens (including phenoxy) is 1. The molecule has 0 atom stereocenters. The molecule has 1 N–H and O–H groups in total. The number of hydrogen-bond acceptors (Lipinski definition) is 4. The zero-order valence-corrected chi connectivity index (χ0v) is 14.0. The van der Waals surface area contributed by atoms with Gasteiger partial charge in [-0.3, -0.25) is 0 Å². The molecule has 114 valence electrons. The Bertz CT molecular complexity index is 781. The van der Waals surface area contributed by atoms with Gasteiger partial charge in [-0.2, -0.15) is 0 Å². The number of nitrogens with one attached hydrogen (secondary N) is 1. The molecule has 0 unspecified atom stereocenters. The molecule has 0 spiro atoms. The van der Waals surface area contributed by atoms with E-state index in [2.05, 4.69) is 49.5 Å². The van der Waals surface area contributed by atoms with E-state index in [4.69, 9.17) is 9.72 Å². The molecular formula is C18H20N2OS. The maximum absolute atomic E-state index is 5.44. The van der Waals surface area contributed by atoms with Crippen LogP contribution in [0.1, 0.15) is 16.7 Å². The second-order valence-corrected chi connectivity index (χ2v) is 6.38. The van der Waals surface area contributed by atoms with Crippen molar-refractivity contribution in [3.8, 4) is 5.75 Å². The Morgan fingerprint density at radius 3 is 2.68 bits per heavy atom. The number of benzene rings is 2. The van der Waals surface area contributed by atoms with E-state index in [1.54, 1.807) is 18.4 Å². The van der Waals surface area contributed by atoms with Crippen LogP contribution >= 0.6 is 11.3 Å². The molecule has 0 bridgehead atoms. The van der Waals surface area contributed by atoms with Crippen LogP contribution in [0.2, 0.25) is 0 Å². The fourth-order valence-electron chi connectivity index (χ4n) is 2.57. The first-order valence-corrected chi connectivity index (χ1v) is 8.23. The number of aryl methyl sites for hydroxylation is 2. The molecule has 22 heavy (non-hydrogen) atoms. The van der Waals surface area contributed by atoms with E-state index in [9.17, 15) is 0 Å². The minimum absolute atomic E-state index is 0.888. The van der Waals surface area contributed by atoms with Gasteiger partial charge >= 0.3 is 0 Å². The number of rotatable bonds is 5. The van der Waals surface area contributed by atoms with Crippen LogP contribution < -0.4 is 10.1 Å². The standard InChI is InChI=1S/C18H20N2OS/c1-12-11-15(21-3)13(2)17-16(12)20-18(22-17)19-10-9-14-7-5-4-6-8-14/h4-8,11H,9-10H2,1-3H3,(H,19,20). The summed E-state index contributed by atoms with van der Waals surface area (Å²) in [6, 6.07) is 12.6. The normalized spacial score (nSPS) is 10.9. The predicted octanol–water partition coefficient (Wildman–Crippen LogP) is 4.58. The van der Waals surface area contributed by atoms with Gasteiger partial charge in [-0.15, -0.1) is 0 Å². The summed E-state index contributed by atoms with van der Waals surface area (Å²) in [4.78, 5) is 4.73. The van der Waals surface area contributed by atoms with E-state index in [-0.39, 0.29) is 0 Å². The fourth-order valence-corrected chi connectivity index (χ4v) is 3.63. The molecule has 2 aromatic carbocycles. The van der Waals surface area contributed by atoms with E-state index in [1.807, 2.05) is 6.07 Å². The van der Waals surface area contributed by atoms with Crippen molar-refractivity contribution in [2.45, 2.75) is 20.3 Å². The smallest absolute Gasteiger partial charge is 0.183 e. The topological polar surface area (TPSA) is 34.1 Å². The number of anilines is 1. The van der Waals surface area contributed by atoms with Crippen LogP contribution in [-0.2, 0) is 6.42 Å². The molecule has 0 aliphatic heterocycles. The van der Waals surface area contributed by atoms with Crippen LogP contribution in [0.3, 0.4) is 0 Å². The van der Waals surface area contributed by atoms with Gasteiger partial charge in [0, 0.05) is 12.1 Å². The van der Waals surface area contributed by atoms with E-state index < -0.39 is 0 Å². The Kier molecular flexibility index (Phi) is 4.29. The molecule has 0 aliphatic rings. The third-order valence-corrected chi connectivity index (χ3v) is 4.94. The third kappa shape index (κ3) is 2.92. The van der Waals surface area contributed by atoms with Crippen LogP contribution in [0.15, 0.2) is 36.4 Å². The molecule has 3 rings (SSSR count). The zero-order valence-electron chi connectivity index (χ0n) is 13.1. The second kappa shape index (κ2) is 6.36. The Balaban J connectivity index is 1.78. The average molecular weight is 312 g/mol. The summed E-state index contributed by atoms with van der Waals surface area (Å²) < 4.78 is 6.65. The largest absolute Gasteiger partial charge is 0.496 e. The highest BCUT2D eigenvalue weighted by Crippen LogP contribution is 2.35. The minimum Gasteiger partial charge on any atom is -0.496 e. The maximum Gasteiger partial charge on any atom is 0.183 e. The van der Waals surface area contributed by atoms with Crippen LogP contribution in [0.4, 0.5) is 5.13 Å². The fraction of sp³-hybridized carbons (Fsp3) is 0.278. The van der Waals surface area contributed by atoms with Gasteiger partial charge in [-0.1, -0.05) is 41.7 Å². The SMILES string of the molecule is COc1cc(C)c2nc(NCCc3ccccc3)sc2c1C. The molecule has 0 saturated heterocycles. The lowest BCUT2D eigenvalue weighted by Crippen LogP contribution is -2.04. The van der Waals surface area contributed by atoms with Crippen molar-refractivity contribution in [3.05, 3.63) is 53.1 Å². The van der Waals surface area contributed by atoms with Gasteiger partial charge < -0.3 is 10.1 Å². The van der Waals surface area contributed by atoms with Gasteiger partial charge in [0.1, 0.15) is 5.75 Å². The van der Waals surface area contributed by atoms with Crippen molar-refractivity contribution in [2.24, 2.45) is 0 Å². The van der Waals surface area contributed by atoms with Crippen LogP contribution in [-0.4, -0.2) is 18.6 Å². The van der Waals surface area contributed by atoms with Crippen molar-refractivity contribution in [1.82, 2.24) is 4.98 Å². The molecule has 0 fully saturated rings. The molecule has 1 aromatic heterocycles. The number of fused-ring (bicyclic) bond motifs is 1. The highest BCUT2D eigenvalue weighted by Gasteiger charge is 2.12. The minimum atomic E-state index is 0.888. The Morgan fingerprint density at radius 1 is 1.18 bits per heavy atom. The summed E-state index contributed by atoms with van der Waals surface area (Å²) in [5.74, 6) is 0.935. The summed E-state index contributed by atoms with van der Waals surface area (Å²) in [7, 11) is 1.72. The first-order valence-electron chi connectivity index (χ1n) is 7.41. The Morgan fingerprint density at radius 2 is 1.95 bits per heavy atom. The highest BCUT2D eigenvalue weighted by molar-refractivity contribution is 7.22. The monoisotopic (exact) mass is 312 g/mol. The third-order valence-electron chi connectivity index (χ3n) is 3.81. The first kappa shape index (κ1) is 14.9. The van der Waals surface area contributed by atoms with Crippen molar-refractivity contribution >= 4 is 26.7 Å². The van der Waals surface area contributed by atoms with Crippen molar-refractivity contribution in [2.75, 3.05) is 19.0 Å². The predicted molar refractivity (Wildman–Crippen MR) is 94.3 cm³/mol. The summed E-state index contributed by atoms with van der Waals surface area (Å²) in [5.41, 5.74) is 4.73. The molecule has 3 aromatic rings. The summed E-state index contributed by atoms with van der Waals surface area (Å²) in [5, 5.41) is 4.42. The lowest BCUT2D eigenvalue weighted by atomic mass is 10.1. The summed E-state index contributed by atoms with van der Waals surface area (Å²) >= 11 is 1.70. The van der Waals surface area contributed by atoms with E-state index in [0.29, 0.717) is 0 Å². The Hall–Kier alpha value is -2.07. The summed E-state index contributed by atoms with van der Waals surface area (Å²) in [6.45, 7) is 5.06. The van der Waals surface area contributed by atoms with Crippen LogP contribution in [0.25, 0.3) is 10.2 Å². The second-order valence-electron chi connectivity index (χ2n) is 5.38. The average Bonchev–Trinajstić information content (AvgIpc) is 2.97. The molecule has 0 saturated carbocycles. The molecular weight excluding hydrogens is 292 g/mol. The van der Waals surface area contributed by atoms with Gasteiger partial charge in [0.2, 0.25) is 0 Å². The van der Waals surface area contributed by atoms with Gasteiger partial charge in [0.15, 0.2) is 5.13 Å². The quantitative estimate of drug-likeness (QED) is 0.749. The van der Waals surface area contributed by atoms with Crippen LogP contribution in [0, 0.1) is 13.8 Å². The molecule has 3 nitrogen and oxygen atoms in total. The molecule has 0 radical (unpaired) electrons.